The van der Waals surface area contributed by atoms with Crippen LogP contribution >= 0.6 is 11.6 Å². The molecular formula is C28H33ClN4O4. The Balaban J connectivity index is 0.000000221. The van der Waals surface area contributed by atoms with E-state index in [0.29, 0.717) is 13.2 Å². The molecule has 0 aliphatic rings. The Bertz CT molecular complexity index is 1190. The molecule has 2 aromatic heterocycles. The second-order valence-corrected chi connectivity index (χ2v) is 8.01. The zero-order valence-corrected chi connectivity index (χ0v) is 22.2. The molecule has 37 heavy (non-hydrogen) atoms. The molecule has 0 fully saturated rings. The highest BCUT2D eigenvalue weighted by Gasteiger charge is 2.09. The number of carbonyl (C=O) groups is 2. The lowest BCUT2D eigenvalue weighted by Crippen LogP contribution is -2.13. The monoisotopic (exact) mass is 524 g/mol. The molecule has 0 bridgehead atoms. The largest absolute Gasteiger partial charge is 0.466 e. The average Bonchev–Trinajstić information content (AvgIpc) is 3.49. The Labute approximate surface area is 222 Å². The van der Waals surface area contributed by atoms with Crippen LogP contribution in [0.25, 0.3) is 0 Å². The van der Waals surface area contributed by atoms with Crippen molar-refractivity contribution < 1.29 is 19.1 Å². The molecule has 0 aliphatic carbocycles. The van der Waals surface area contributed by atoms with Gasteiger partial charge in [0.15, 0.2) is 0 Å². The molecule has 0 saturated heterocycles. The van der Waals surface area contributed by atoms with Crippen molar-refractivity contribution in [2.24, 2.45) is 0 Å². The van der Waals surface area contributed by atoms with Gasteiger partial charge in [-0.15, -0.1) is 0 Å². The number of nitrogens with zero attached hydrogens (tertiary/aromatic N) is 4. The number of carbonyl (C=O) groups excluding carboxylic acids is 2. The summed E-state index contributed by atoms with van der Waals surface area (Å²) in [6.45, 7) is 7.89. The van der Waals surface area contributed by atoms with Crippen molar-refractivity contribution in [1.82, 2.24) is 19.1 Å². The van der Waals surface area contributed by atoms with E-state index in [1.165, 1.54) is 11.1 Å². The van der Waals surface area contributed by atoms with Crippen LogP contribution in [0.1, 0.15) is 36.6 Å². The van der Waals surface area contributed by atoms with E-state index in [9.17, 15) is 9.59 Å². The van der Waals surface area contributed by atoms with E-state index in [0.717, 1.165) is 24.7 Å². The first-order valence-corrected chi connectivity index (χ1v) is 12.3. The maximum absolute atomic E-state index is 11.4. The number of hydrogen-bond donors (Lipinski definition) is 0. The van der Waals surface area contributed by atoms with Gasteiger partial charge in [-0.1, -0.05) is 60.7 Å². The summed E-state index contributed by atoms with van der Waals surface area (Å²) in [4.78, 5) is 29.4. The molecule has 0 N–H and O–H groups in total. The summed E-state index contributed by atoms with van der Waals surface area (Å²) in [5.74, 6) is 1.55. The molecule has 8 nitrogen and oxygen atoms in total. The first kappa shape index (κ1) is 29.3. The zero-order chi connectivity index (χ0) is 26.9. The van der Waals surface area contributed by atoms with E-state index in [1.807, 2.05) is 66.5 Å². The molecule has 4 aromatic rings. The van der Waals surface area contributed by atoms with Crippen molar-refractivity contribution in [1.29, 1.82) is 0 Å². The van der Waals surface area contributed by atoms with E-state index in [-0.39, 0.29) is 12.4 Å². The summed E-state index contributed by atoms with van der Waals surface area (Å²) < 4.78 is 13.2. The molecule has 0 saturated carbocycles. The third kappa shape index (κ3) is 11.6. The van der Waals surface area contributed by atoms with Crippen LogP contribution in [0.4, 0.5) is 4.79 Å². The van der Waals surface area contributed by atoms with Crippen LogP contribution in [-0.4, -0.2) is 43.7 Å². The van der Waals surface area contributed by atoms with Crippen molar-refractivity contribution in [3.8, 4) is 0 Å². The molecular weight excluding hydrogens is 492 g/mol. The third-order valence-corrected chi connectivity index (χ3v) is 5.09. The first-order valence-electron chi connectivity index (χ1n) is 12.0. The molecule has 2 heterocycles. The highest BCUT2D eigenvalue weighted by molar-refractivity contribution is 6.61. The fourth-order valence-electron chi connectivity index (χ4n) is 3.24. The highest BCUT2D eigenvalue weighted by atomic mass is 35.5. The van der Waals surface area contributed by atoms with Crippen molar-refractivity contribution in [2.75, 3.05) is 13.2 Å². The lowest BCUT2D eigenvalue weighted by atomic mass is 10.2. The average molecular weight is 525 g/mol. The number of imidazole rings is 2. The van der Waals surface area contributed by atoms with Crippen LogP contribution in [0.2, 0.25) is 0 Å². The van der Waals surface area contributed by atoms with Crippen LogP contribution in [0, 0.1) is 6.92 Å². The number of benzene rings is 2. The summed E-state index contributed by atoms with van der Waals surface area (Å²) in [7, 11) is 0. The van der Waals surface area contributed by atoms with Crippen LogP contribution in [0.15, 0.2) is 85.5 Å². The maximum atomic E-state index is 11.4. The summed E-state index contributed by atoms with van der Waals surface area (Å²) in [5, 5.41) is 0. The standard InChI is InChI=1S/C14H16N2O2.C11H12N2.C3H5ClO2/c1-2-18-14(17)10-13-15-8-9-16(13)11-12-6-4-3-5-7-12;1-10-12-7-8-13(10)9-11-5-3-2-4-6-11;1-2-6-3(4)5/h3-9H,2,10-11H2,1H3;2-8H,9H2,1H3;2H2,1H3. The molecule has 9 heteroatoms. The number of aromatic nitrogens is 4. The predicted molar refractivity (Wildman–Crippen MR) is 143 cm³/mol. The molecule has 0 atom stereocenters. The normalized spacial score (nSPS) is 9.84. The highest BCUT2D eigenvalue weighted by Crippen LogP contribution is 2.07. The molecule has 0 amide bonds. The van der Waals surface area contributed by atoms with Gasteiger partial charge in [-0.2, -0.15) is 0 Å². The Morgan fingerprint density at radius 2 is 1.30 bits per heavy atom. The molecule has 4 rings (SSSR count). The predicted octanol–water partition coefficient (Wildman–Crippen LogP) is 5.66. The number of ether oxygens (including phenoxy) is 2. The topological polar surface area (TPSA) is 88.2 Å². The molecule has 0 radical (unpaired) electrons. The Kier molecular flexibility index (Phi) is 13.2. The fraction of sp³-hybridized carbons (Fsp3) is 0.286. The Morgan fingerprint density at radius 1 is 0.784 bits per heavy atom. The Morgan fingerprint density at radius 3 is 1.76 bits per heavy atom. The fourth-order valence-corrected chi connectivity index (χ4v) is 3.35. The number of halogens is 1. The second-order valence-electron chi connectivity index (χ2n) is 7.70. The van der Waals surface area contributed by atoms with Crippen molar-refractivity contribution >= 4 is 23.0 Å². The van der Waals surface area contributed by atoms with Gasteiger partial charge in [0.1, 0.15) is 18.1 Å². The van der Waals surface area contributed by atoms with Gasteiger partial charge in [0.05, 0.1) is 13.2 Å². The second kappa shape index (κ2) is 16.7. The molecule has 196 valence electrons. The van der Waals surface area contributed by atoms with Gasteiger partial charge < -0.3 is 18.6 Å². The van der Waals surface area contributed by atoms with Crippen LogP contribution in [-0.2, 0) is 33.8 Å². The van der Waals surface area contributed by atoms with E-state index >= 15 is 0 Å². The van der Waals surface area contributed by atoms with Crippen molar-refractivity contribution in [3.05, 3.63) is 108 Å². The minimum absolute atomic E-state index is 0.216. The Hall–Kier alpha value is -3.91. The van der Waals surface area contributed by atoms with E-state index < -0.39 is 5.43 Å². The van der Waals surface area contributed by atoms with Gasteiger partial charge in [-0.3, -0.25) is 4.79 Å². The minimum Gasteiger partial charge on any atom is -0.466 e. The quantitative estimate of drug-likeness (QED) is 0.218. The van der Waals surface area contributed by atoms with Crippen molar-refractivity contribution in [2.45, 2.75) is 40.3 Å². The van der Waals surface area contributed by atoms with Gasteiger partial charge in [-0.05, 0) is 31.9 Å². The molecule has 0 unspecified atom stereocenters. The summed E-state index contributed by atoms with van der Waals surface area (Å²) >= 11 is 4.72. The molecule has 2 aromatic carbocycles. The lowest BCUT2D eigenvalue weighted by molar-refractivity contribution is -0.142. The van der Waals surface area contributed by atoms with Crippen LogP contribution < -0.4 is 0 Å². The van der Waals surface area contributed by atoms with Gasteiger partial charge >= 0.3 is 11.4 Å². The SMILES string of the molecule is CCOC(=O)Cc1nccn1Cc1ccccc1.CCOC(=O)Cl.Cc1nccn1Cc1ccccc1. The van der Waals surface area contributed by atoms with Crippen molar-refractivity contribution in [3.63, 3.8) is 0 Å². The summed E-state index contributed by atoms with van der Waals surface area (Å²) in [6, 6.07) is 20.5. The number of aryl methyl sites for hydroxylation is 1. The van der Waals surface area contributed by atoms with Gasteiger partial charge in [0.25, 0.3) is 0 Å². The number of rotatable bonds is 8. The van der Waals surface area contributed by atoms with E-state index in [1.54, 1.807) is 20.0 Å². The summed E-state index contributed by atoms with van der Waals surface area (Å²) in [5.41, 5.74) is 1.75. The zero-order valence-electron chi connectivity index (χ0n) is 21.4. The van der Waals surface area contributed by atoms with E-state index in [2.05, 4.69) is 43.5 Å². The third-order valence-electron chi connectivity index (χ3n) is 4.98. The molecule has 0 spiro atoms. The smallest absolute Gasteiger partial charge is 0.403 e. The number of hydrogen-bond acceptors (Lipinski definition) is 6. The van der Waals surface area contributed by atoms with Gasteiger partial charge in [0.2, 0.25) is 0 Å². The first-order chi connectivity index (χ1) is 17.9. The maximum Gasteiger partial charge on any atom is 0.403 e. The van der Waals surface area contributed by atoms with Crippen LogP contribution in [0.5, 0.6) is 0 Å². The van der Waals surface area contributed by atoms with E-state index in [4.69, 9.17) is 16.3 Å². The van der Waals surface area contributed by atoms with Gasteiger partial charge in [0, 0.05) is 49.5 Å². The minimum atomic E-state index is -0.738. The molecule has 0 aliphatic heterocycles. The van der Waals surface area contributed by atoms with Crippen LogP contribution in [0.3, 0.4) is 0 Å². The summed E-state index contributed by atoms with van der Waals surface area (Å²) in [6.07, 6.45) is 7.63. The number of esters is 1. The lowest BCUT2D eigenvalue weighted by Gasteiger charge is -2.07. The van der Waals surface area contributed by atoms with Gasteiger partial charge in [-0.25, -0.2) is 14.8 Å².